The topological polar surface area (TPSA) is 73.3 Å². The second-order valence-corrected chi connectivity index (χ2v) is 7.86. The fourth-order valence-electron chi connectivity index (χ4n) is 3.38. The molecule has 1 aliphatic heterocycles. The molecule has 0 radical (unpaired) electrons. The van der Waals surface area contributed by atoms with Crippen LogP contribution in [0.15, 0.2) is 47.8 Å². The van der Waals surface area contributed by atoms with Gasteiger partial charge in [0.25, 0.3) is 0 Å². The van der Waals surface area contributed by atoms with Crippen LogP contribution in [0.3, 0.4) is 0 Å². The Labute approximate surface area is 174 Å². The number of aromatic nitrogens is 2. The first-order valence-corrected chi connectivity index (χ1v) is 10.7. The average Bonchev–Trinajstić information content (AvgIpc) is 3.09. The predicted octanol–water partition coefficient (Wildman–Crippen LogP) is 3.76. The van der Waals surface area contributed by atoms with Gasteiger partial charge in [-0.05, 0) is 32.0 Å². The standard InChI is InChI=1S/C22H23N3O3S/c1-3-27-19-9-15-8-14(2)28-20(15)10-16(19)11-23-21(26)12-29-22-17-6-4-5-7-18(17)24-13-25-22/h4-7,9-10,13-14H,3,8,11-12H2,1-2H3,(H,23,26)/t14-/m1/s1. The molecule has 29 heavy (non-hydrogen) atoms. The molecule has 0 fully saturated rings. The maximum Gasteiger partial charge on any atom is 0.230 e. The Morgan fingerprint density at radius 1 is 1.31 bits per heavy atom. The summed E-state index contributed by atoms with van der Waals surface area (Å²) in [6.07, 6.45) is 2.58. The molecule has 1 N–H and O–H groups in total. The molecule has 2 aromatic carbocycles. The van der Waals surface area contributed by atoms with Gasteiger partial charge in [-0.25, -0.2) is 9.97 Å². The predicted molar refractivity (Wildman–Crippen MR) is 114 cm³/mol. The molecule has 7 heteroatoms. The van der Waals surface area contributed by atoms with E-state index in [-0.39, 0.29) is 17.8 Å². The Bertz CT molecular complexity index is 1040. The first kappa shape index (κ1) is 19.5. The number of ether oxygens (including phenoxy) is 2. The molecule has 0 aliphatic carbocycles. The van der Waals surface area contributed by atoms with E-state index >= 15 is 0 Å². The van der Waals surface area contributed by atoms with Crippen LogP contribution in [0.25, 0.3) is 10.9 Å². The fraction of sp³-hybridized carbons (Fsp3) is 0.318. The Kier molecular flexibility index (Phi) is 5.85. The van der Waals surface area contributed by atoms with Crippen molar-refractivity contribution in [3.05, 3.63) is 53.9 Å². The lowest BCUT2D eigenvalue weighted by atomic mass is 10.1. The van der Waals surface area contributed by atoms with Crippen LogP contribution < -0.4 is 14.8 Å². The van der Waals surface area contributed by atoms with Gasteiger partial charge < -0.3 is 14.8 Å². The quantitative estimate of drug-likeness (QED) is 0.473. The Balaban J connectivity index is 1.40. The summed E-state index contributed by atoms with van der Waals surface area (Å²) in [5, 5.41) is 4.74. The molecule has 4 rings (SSSR count). The van der Waals surface area contributed by atoms with Gasteiger partial charge in [0.2, 0.25) is 5.91 Å². The number of nitrogens with one attached hydrogen (secondary N) is 1. The van der Waals surface area contributed by atoms with E-state index in [1.165, 1.54) is 18.1 Å². The summed E-state index contributed by atoms with van der Waals surface area (Å²) in [6, 6.07) is 11.8. The number of rotatable bonds is 7. The molecule has 2 heterocycles. The van der Waals surface area contributed by atoms with Gasteiger partial charge in [-0.2, -0.15) is 0 Å². The van der Waals surface area contributed by atoms with Crippen molar-refractivity contribution in [1.29, 1.82) is 0 Å². The van der Waals surface area contributed by atoms with E-state index < -0.39 is 0 Å². The second-order valence-electron chi connectivity index (χ2n) is 6.89. The highest BCUT2D eigenvalue weighted by Crippen LogP contribution is 2.35. The minimum absolute atomic E-state index is 0.0603. The van der Waals surface area contributed by atoms with Crippen molar-refractivity contribution in [2.75, 3.05) is 12.4 Å². The van der Waals surface area contributed by atoms with Gasteiger partial charge in [0.05, 0.1) is 17.9 Å². The van der Waals surface area contributed by atoms with Crippen molar-refractivity contribution in [2.24, 2.45) is 0 Å². The number of benzene rings is 2. The van der Waals surface area contributed by atoms with Crippen molar-refractivity contribution >= 4 is 28.6 Å². The summed E-state index contributed by atoms with van der Waals surface area (Å²) in [5.74, 6) is 1.91. The van der Waals surface area contributed by atoms with E-state index in [0.717, 1.165) is 45.0 Å². The Morgan fingerprint density at radius 3 is 3.03 bits per heavy atom. The molecule has 1 aromatic heterocycles. The average molecular weight is 410 g/mol. The van der Waals surface area contributed by atoms with Crippen molar-refractivity contribution in [1.82, 2.24) is 15.3 Å². The molecule has 1 aliphatic rings. The van der Waals surface area contributed by atoms with Crippen LogP contribution in [-0.2, 0) is 17.8 Å². The highest BCUT2D eigenvalue weighted by atomic mass is 32.2. The summed E-state index contributed by atoms with van der Waals surface area (Å²) in [4.78, 5) is 21.0. The third-order valence-electron chi connectivity index (χ3n) is 4.70. The maximum atomic E-state index is 12.4. The molecule has 0 saturated heterocycles. The van der Waals surface area contributed by atoms with Crippen LogP contribution in [0.5, 0.6) is 11.5 Å². The third-order valence-corrected chi connectivity index (χ3v) is 5.71. The van der Waals surface area contributed by atoms with Gasteiger partial charge in [-0.15, -0.1) is 0 Å². The fourth-order valence-corrected chi connectivity index (χ4v) is 4.20. The first-order valence-electron chi connectivity index (χ1n) is 9.68. The molecule has 3 aromatic rings. The minimum Gasteiger partial charge on any atom is -0.494 e. The van der Waals surface area contributed by atoms with Crippen LogP contribution in [0.4, 0.5) is 0 Å². The third kappa shape index (κ3) is 4.45. The van der Waals surface area contributed by atoms with Gasteiger partial charge in [0.1, 0.15) is 29.0 Å². The molecule has 0 bridgehead atoms. The number of fused-ring (bicyclic) bond motifs is 2. The van der Waals surface area contributed by atoms with Crippen molar-refractivity contribution in [3.8, 4) is 11.5 Å². The normalized spacial score (nSPS) is 15.0. The first-order chi connectivity index (χ1) is 14.1. The summed E-state index contributed by atoms with van der Waals surface area (Å²) >= 11 is 1.41. The monoisotopic (exact) mass is 409 g/mol. The molecule has 6 nitrogen and oxygen atoms in total. The lowest BCUT2D eigenvalue weighted by molar-refractivity contribution is -0.118. The molecule has 0 saturated carbocycles. The summed E-state index contributed by atoms with van der Waals surface area (Å²) in [7, 11) is 0. The summed E-state index contributed by atoms with van der Waals surface area (Å²) < 4.78 is 11.6. The van der Waals surface area contributed by atoms with Gasteiger partial charge in [-0.1, -0.05) is 30.0 Å². The van der Waals surface area contributed by atoms with E-state index in [9.17, 15) is 4.79 Å². The molecule has 1 amide bonds. The zero-order valence-corrected chi connectivity index (χ0v) is 17.3. The zero-order chi connectivity index (χ0) is 20.2. The summed E-state index contributed by atoms with van der Waals surface area (Å²) in [6.45, 7) is 4.98. The molecule has 0 unspecified atom stereocenters. The molecule has 0 spiro atoms. The minimum atomic E-state index is -0.0603. The number of amides is 1. The number of hydrogen-bond donors (Lipinski definition) is 1. The van der Waals surface area contributed by atoms with Crippen molar-refractivity contribution in [3.63, 3.8) is 0 Å². The molecule has 1 atom stereocenters. The number of hydrogen-bond acceptors (Lipinski definition) is 6. The van der Waals surface area contributed by atoms with Crippen LogP contribution in [0.1, 0.15) is 25.0 Å². The molecular weight excluding hydrogens is 386 g/mol. The van der Waals surface area contributed by atoms with Crippen LogP contribution in [-0.4, -0.2) is 34.3 Å². The van der Waals surface area contributed by atoms with Crippen LogP contribution >= 0.6 is 11.8 Å². The number of thioether (sulfide) groups is 1. The van der Waals surface area contributed by atoms with E-state index in [4.69, 9.17) is 9.47 Å². The largest absolute Gasteiger partial charge is 0.494 e. The van der Waals surface area contributed by atoms with E-state index in [1.54, 1.807) is 0 Å². The second kappa shape index (κ2) is 8.69. The van der Waals surface area contributed by atoms with Crippen molar-refractivity contribution < 1.29 is 14.3 Å². The van der Waals surface area contributed by atoms with E-state index in [2.05, 4.69) is 22.2 Å². The highest BCUT2D eigenvalue weighted by Gasteiger charge is 2.22. The van der Waals surface area contributed by atoms with E-state index in [1.807, 2.05) is 43.3 Å². The number of carbonyl (C=O) groups excluding carboxylic acids is 1. The molecular formula is C22H23N3O3S. The van der Waals surface area contributed by atoms with Crippen LogP contribution in [0.2, 0.25) is 0 Å². The number of carbonyl (C=O) groups is 1. The van der Waals surface area contributed by atoms with Crippen molar-refractivity contribution in [2.45, 2.75) is 37.9 Å². The Morgan fingerprint density at radius 2 is 2.17 bits per heavy atom. The number of nitrogens with zero attached hydrogens (tertiary/aromatic N) is 2. The highest BCUT2D eigenvalue weighted by molar-refractivity contribution is 8.00. The van der Waals surface area contributed by atoms with Gasteiger partial charge in [0.15, 0.2) is 0 Å². The maximum absolute atomic E-state index is 12.4. The lowest BCUT2D eigenvalue weighted by Gasteiger charge is -2.13. The van der Waals surface area contributed by atoms with Crippen LogP contribution in [0, 0.1) is 0 Å². The number of para-hydroxylation sites is 1. The van der Waals surface area contributed by atoms with Gasteiger partial charge >= 0.3 is 0 Å². The van der Waals surface area contributed by atoms with E-state index in [0.29, 0.717) is 13.2 Å². The zero-order valence-electron chi connectivity index (χ0n) is 16.5. The lowest BCUT2D eigenvalue weighted by Crippen LogP contribution is -2.25. The molecule has 150 valence electrons. The smallest absolute Gasteiger partial charge is 0.230 e. The van der Waals surface area contributed by atoms with Gasteiger partial charge in [0, 0.05) is 29.5 Å². The SMILES string of the molecule is CCOc1cc2c(cc1CNC(=O)CSc1ncnc3ccccc13)O[C@H](C)C2. The Hall–Kier alpha value is -2.80. The summed E-state index contributed by atoms with van der Waals surface area (Å²) in [5.41, 5.74) is 2.95. The van der Waals surface area contributed by atoms with Gasteiger partial charge in [-0.3, -0.25) is 4.79 Å².